The molecule has 2 N–H and O–H groups in total. The number of amides is 2. The van der Waals surface area contributed by atoms with Crippen molar-refractivity contribution in [1.29, 1.82) is 0 Å². The number of carbonyl (C=O) groups is 2. The van der Waals surface area contributed by atoms with Gasteiger partial charge in [0.2, 0.25) is 11.8 Å². The highest BCUT2D eigenvalue weighted by Gasteiger charge is 2.16. The van der Waals surface area contributed by atoms with Gasteiger partial charge in [0.25, 0.3) is 0 Å². The van der Waals surface area contributed by atoms with Crippen LogP contribution in [0.5, 0.6) is 0 Å². The van der Waals surface area contributed by atoms with E-state index >= 15 is 0 Å². The van der Waals surface area contributed by atoms with Crippen molar-refractivity contribution in [3.05, 3.63) is 22.3 Å². The van der Waals surface area contributed by atoms with Crippen molar-refractivity contribution in [3.8, 4) is 0 Å². The molecule has 1 aromatic carbocycles. The monoisotopic (exact) mass is 248 g/mol. The Morgan fingerprint density at radius 3 is 1.17 bits per heavy atom. The van der Waals surface area contributed by atoms with Gasteiger partial charge in [-0.15, -0.1) is 0 Å². The third-order valence-corrected chi connectivity index (χ3v) is 3.29. The molecule has 0 saturated heterocycles. The first-order chi connectivity index (χ1) is 8.25. The fourth-order valence-corrected chi connectivity index (χ4v) is 1.98. The van der Waals surface area contributed by atoms with Crippen LogP contribution in [0.1, 0.15) is 36.1 Å². The Kier molecular flexibility index (Phi) is 4.11. The first-order valence-electron chi connectivity index (χ1n) is 5.91. The van der Waals surface area contributed by atoms with E-state index in [1.54, 1.807) is 0 Å². The van der Waals surface area contributed by atoms with Crippen molar-refractivity contribution >= 4 is 23.2 Å². The molecule has 4 nitrogen and oxygen atoms in total. The largest absolute Gasteiger partial charge is 0.324 e. The summed E-state index contributed by atoms with van der Waals surface area (Å²) >= 11 is 0. The molecule has 4 heteroatoms. The summed E-state index contributed by atoms with van der Waals surface area (Å²) < 4.78 is 0. The highest BCUT2D eigenvalue weighted by Crippen LogP contribution is 2.35. The molecule has 0 saturated carbocycles. The van der Waals surface area contributed by atoms with Crippen LogP contribution >= 0.6 is 0 Å². The lowest BCUT2D eigenvalue weighted by Gasteiger charge is -2.20. The van der Waals surface area contributed by atoms with E-state index < -0.39 is 0 Å². The summed E-state index contributed by atoms with van der Waals surface area (Å²) in [5.74, 6) is -0.292. The lowest BCUT2D eigenvalue weighted by Crippen LogP contribution is -2.16. The zero-order valence-electron chi connectivity index (χ0n) is 11.8. The Hall–Kier alpha value is -1.84. The van der Waals surface area contributed by atoms with E-state index in [2.05, 4.69) is 10.6 Å². The Bertz CT molecular complexity index is 472. The second-order valence-corrected chi connectivity index (χ2v) is 4.61. The molecule has 0 atom stereocenters. The van der Waals surface area contributed by atoms with Crippen LogP contribution in [-0.2, 0) is 9.59 Å². The zero-order chi connectivity index (χ0) is 14.0. The van der Waals surface area contributed by atoms with Gasteiger partial charge in [-0.1, -0.05) is 0 Å². The standard InChI is InChI=1S/C14H20N2O2/c1-7-8(2)10(4)14(16-12(6)18)13(9(7)3)15-11(5)17/h1-6H3,(H,15,17)(H,16,18). The van der Waals surface area contributed by atoms with Gasteiger partial charge in [0, 0.05) is 13.8 Å². The number of hydrogen-bond acceptors (Lipinski definition) is 2. The summed E-state index contributed by atoms with van der Waals surface area (Å²) in [7, 11) is 0. The Morgan fingerprint density at radius 2 is 0.944 bits per heavy atom. The minimum atomic E-state index is -0.146. The number of rotatable bonds is 2. The number of carbonyl (C=O) groups excluding carboxylic acids is 2. The smallest absolute Gasteiger partial charge is 0.221 e. The quantitative estimate of drug-likeness (QED) is 0.845. The Morgan fingerprint density at radius 1 is 0.667 bits per heavy atom. The van der Waals surface area contributed by atoms with Crippen molar-refractivity contribution < 1.29 is 9.59 Å². The predicted molar refractivity (Wildman–Crippen MR) is 74.0 cm³/mol. The third kappa shape index (κ3) is 2.70. The fraction of sp³-hybridized carbons (Fsp3) is 0.429. The average molecular weight is 248 g/mol. The Labute approximate surface area is 108 Å². The van der Waals surface area contributed by atoms with Crippen molar-refractivity contribution in [2.24, 2.45) is 0 Å². The lowest BCUT2D eigenvalue weighted by atomic mass is 9.95. The highest BCUT2D eigenvalue weighted by molar-refractivity contribution is 6.00. The molecular formula is C14H20N2O2. The second kappa shape index (κ2) is 5.21. The van der Waals surface area contributed by atoms with E-state index in [0.29, 0.717) is 11.4 Å². The van der Waals surface area contributed by atoms with Crippen LogP contribution in [0.2, 0.25) is 0 Å². The first kappa shape index (κ1) is 14.2. The average Bonchev–Trinajstić information content (AvgIpc) is 2.27. The SMILES string of the molecule is CC(=O)Nc1c(C)c(C)c(C)c(C)c1NC(C)=O. The molecule has 0 fully saturated rings. The van der Waals surface area contributed by atoms with E-state index in [0.717, 1.165) is 22.3 Å². The molecular weight excluding hydrogens is 228 g/mol. The molecule has 0 aliphatic rings. The molecule has 1 aromatic rings. The van der Waals surface area contributed by atoms with Crippen LogP contribution in [0, 0.1) is 27.7 Å². The van der Waals surface area contributed by atoms with Gasteiger partial charge in [-0.25, -0.2) is 0 Å². The van der Waals surface area contributed by atoms with Crippen molar-refractivity contribution in [2.75, 3.05) is 10.6 Å². The second-order valence-electron chi connectivity index (χ2n) is 4.61. The van der Waals surface area contributed by atoms with E-state index in [1.165, 1.54) is 13.8 Å². The van der Waals surface area contributed by atoms with E-state index in [9.17, 15) is 9.59 Å². The predicted octanol–water partition coefficient (Wildman–Crippen LogP) is 2.84. The van der Waals surface area contributed by atoms with Crippen molar-refractivity contribution in [3.63, 3.8) is 0 Å². The molecule has 0 radical (unpaired) electrons. The number of benzene rings is 1. The molecule has 0 unspecified atom stereocenters. The number of anilines is 2. The highest BCUT2D eigenvalue weighted by atomic mass is 16.2. The Balaban J connectivity index is 3.52. The van der Waals surface area contributed by atoms with Gasteiger partial charge in [-0.3, -0.25) is 9.59 Å². The normalized spacial score (nSPS) is 10.1. The van der Waals surface area contributed by atoms with Gasteiger partial charge in [0.05, 0.1) is 11.4 Å². The summed E-state index contributed by atoms with van der Waals surface area (Å²) in [5, 5.41) is 5.60. The first-order valence-corrected chi connectivity index (χ1v) is 5.91. The van der Waals surface area contributed by atoms with Crippen LogP contribution in [-0.4, -0.2) is 11.8 Å². The summed E-state index contributed by atoms with van der Waals surface area (Å²) in [4.78, 5) is 22.6. The van der Waals surface area contributed by atoms with Gasteiger partial charge in [-0.2, -0.15) is 0 Å². The molecule has 18 heavy (non-hydrogen) atoms. The summed E-state index contributed by atoms with van der Waals surface area (Å²) in [5.41, 5.74) is 5.61. The van der Waals surface area contributed by atoms with Crippen LogP contribution in [0.25, 0.3) is 0 Å². The maximum absolute atomic E-state index is 11.3. The molecule has 1 rings (SSSR count). The molecule has 0 aromatic heterocycles. The maximum Gasteiger partial charge on any atom is 0.221 e. The fourth-order valence-electron chi connectivity index (χ4n) is 1.98. The van der Waals surface area contributed by atoms with Gasteiger partial charge in [0.15, 0.2) is 0 Å². The van der Waals surface area contributed by atoms with Gasteiger partial charge in [0.1, 0.15) is 0 Å². The summed E-state index contributed by atoms with van der Waals surface area (Å²) in [6.07, 6.45) is 0. The molecule has 0 heterocycles. The molecule has 2 amide bonds. The molecule has 0 aliphatic carbocycles. The van der Waals surface area contributed by atoms with E-state index in [1.807, 2.05) is 27.7 Å². The summed E-state index contributed by atoms with van der Waals surface area (Å²) in [6.45, 7) is 10.8. The molecule has 0 spiro atoms. The molecule has 0 bridgehead atoms. The van der Waals surface area contributed by atoms with Crippen molar-refractivity contribution in [2.45, 2.75) is 41.5 Å². The lowest BCUT2D eigenvalue weighted by molar-refractivity contribution is -0.115. The van der Waals surface area contributed by atoms with E-state index in [-0.39, 0.29) is 11.8 Å². The summed E-state index contributed by atoms with van der Waals surface area (Å²) in [6, 6.07) is 0. The number of hydrogen-bond donors (Lipinski definition) is 2. The minimum absolute atomic E-state index is 0.146. The minimum Gasteiger partial charge on any atom is -0.324 e. The van der Waals surface area contributed by atoms with Gasteiger partial charge in [-0.05, 0) is 49.9 Å². The topological polar surface area (TPSA) is 58.2 Å². The van der Waals surface area contributed by atoms with Crippen LogP contribution in [0.3, 0.4) is 0 Å². The molecule has 98 valence electrons. The van der Waals surface area contributed by atoms with Crippen molar-refractivity contribution in [1.82, 2.24) is 0 Å². The molecule has 0 aliphatic heterocycles. The van der Waals surface area contributed by atoms with E-state index in [4.69, 9.17) is 0 Å². The van der Waals surface area contributed by atoms with Gasteiger partial charge >= 0.3 is 0 Å². The maximum atomic E-state index is 11.3. The van der Waals surface area contributed by atoms with Gasteiger partial charge < -0.3 is 10.6 Å². The van der Waals surface area contributed by atoms with Crippen LogP contribution in [0.4, 0.5) is 11.4 Å². The van der Waals surface area contributed by atoms with Crippen LogP contribution < -0.4 is 10.6 Å². The zero-order valence-corrected chi connectivity index (χ0v) is 11.8. The van der Waals surface area contributed by atoms with Crippen LogP contribution in [0.15, 0.2) is 0 Å². The third-order valence-electron chi connectivity index (χ3n) is 3.29. The number of nitrogens with one attached hydrogen (secondary N) is 2.